The molecule has 0 aliphatic heterocycles. The van der Waals surface area contributed by atoms with Crippen LogP contribution in [0.1, 0.15) is 32.6 Å². The fourth-order valence-corrected chi connectivity index (χ4v) is 2.27. The van der Waals surface area contributed by atoms with Crippen LogP contribution in [0.15, 0.2) is 36.4 Å². The summed E-state index contributed by atoms with van der Waals surface area (Å²) in [6, 6.07) is 11.9. The van der Waals surface area contributed by atoms with Gasteiger partial charge in [-0.2, -0.15) is 0 Å². The maximum atomic E-state index is 11.0. The molecule has 98 valence electrons. The first-order chi connectivity index (χ1) is 9.10. The van der Waals surface area contributed by atoms with Gasteiger partial charge in [-0.05, 0) is 38.0 Å². The minimum Gasteiger partial charge on any atom is -0.488 e. The van der Waals surface area contributed by atoms with Crippen molar-refractivity contribution in [1.29, 1.82) is 0 Å². The predicted molar refractivity (Wildman–Crippen MR) is 76.8 cm³/mol. The van der Waals surface area contributed by atoms with Crippen molar-refractivity contribution in [2.45, 2.75) is 27.4 Å². The molecule has 2 rings (SSSR count). The Labute approximate surface area is 114 Å². The standard InChI is InChI=1S/C17H18O2/c1-12-7-13(2)9-15(8-12)11-19-17-14(3)5-4-6-16(17)10-18/h4-10H,11H2,1-3H3. The van der Waals surface area contributed by atoms with Crippen LogP contribution in [0.4, 0.5) is 0 Å². The Kier molecular flexibility index (Phi) is 4.00. The fraction of sp³-hybridized carbons (Fsp3) is 0.235. The summed E-state index contributed by atoms with van der Waals surface area (Å²) >= 11 is 0. The SMILES string of the molecule is Cc1cc(C)cc(COc2c(C)cccc2C=O)c1. The number of hydrogen-bond acceptors (Lipinski definition) is 2. The van der Waals surface area contributed by atoms with Crippen LogP contribution >= 0.6 is 0 Å². The van der Waals surface area contributed by atoms with Crippen LogP contribution in [0.2, 0.25) is 0 Å². The summed E-state index contributed by atoms with van der Waals surface area (Å²) in [5, 5.41) is 0. The van der Waals surface area contributed by atoms with E-state index in [2.05, 4.69) is 32.0 Å². The third-order valence-electron chi connectivity index (χ3n) is 3.03. The van der Waals surface area contributed by atoms with Crippen molar-refractivity contribution in [2.24, 2.45) is 0 Å². The lowest BCUT2D eigenvalue weighted by Gasteiger charge is -2.12. The Bertz CT molecular complexity index is 580. The molecule has 2 heteroatoms. The minimum atomic E-state index is 0.480. The molecular weight excluding hydrogens is 236 g/mol. The van der Waals surface area contributed by atoms with Gasteiger partial charge in [0.25, 0.3) is 0 Å². The summed E-state index contributed by atoms with van der Waals surface area (Å²) in [7, 11) is 0. The van der Waals surface area contributed by atoms with Crippen molar-refractivity contribution >= 4 is 6.29 Å². The first-order valence-electron chi connectivity index (χ1n) is 6.35. The van der Waals surface area contributed by atoms with Crippen LogP contribution in [0, 0.1) is 20.8 Å². The normalized spacial score (nSPS) is 10.3. The number of carbonyl (C=O) groups is 1. The maximum Gasteiger partial charge on any atom is 0.153 e. The van der Waals surface area contributed by atoms with Crippen LogP contribution in [-0.2, 0) is 6.61 Å². The van der Waals surface area contributed by atoms with Crippen molar-refractivity contribution in [3.8, 4) is 5.75 Å². The molecule has 0 heterocycles. The average molecular weight is 254 g/mol. The molecule has 0 saturated carbocycles. The van der Waals surface area contributed by atoms with Gasteiger partial charge in [-0.15, -0.1) is 0 Å². The summed E-state index contributed by atoms with van der Waals surface area (Å²) in [6.45, 7) is 6.57. The number of aryl methyl sites for hydroxylation is 3. The summed E-state index contributed by atoms with van der Waals surface area (Å²) in [5.74, 6) is 0.677. The van der Waals surface area contributed by atoms with Crippen LogP contribution in [0.5, 0.6) is 5.75 Å². The molecular formula is C17H18O2. The lowest BCUT2D eigenvalue weighted by Crippen LogP contribution is -2.01. The van der Waals surface area contributed by atoms with Crippen LogP contribution in [0.25, 0.3) is 0 Å². The first-order valence-corrected chi connectivity index (χ1v) is 6.35. The summed E-state index contributed by atoms with van der Waals surface area (Å²) < 4.78 is 5.82. The zero-order valence-corrected chi connectivity index (χ0v) is 11.6. The van der Waals surface area contributed by atoms with Gasteiger partial charge in [-0.1, -0.05) is 41.5 Å². The number of hydrogen-bond donors (Lipinski definition) is 0. The molecule has 0 aromatic heterocycles. The molecule has 0 bridgehead atoms. The van der Waals surface area contributed by atoms with Gasteiger partial charge in [-0.3, -0.25) is 4.79 Å². The lowest BCUT2D eigenvalue weighted by molar-refractivity contribution is 0.111. The van der Waals surface area contributed by atoms with Crippen molar-refractivity contribution in [1.82, 2.24) is 0 Å². The van der Waals surface area contributed by atoms with Gasteiger partial charge in [0.2, 0.25) is 0 Å². The van der Waals surface area contributed by atoms with Crippen LogP contribution < -0.4 is 4.74 Å². The molecule has 2 nitrogen and oxygen atoms in total. The second-order valence-corrected chi connectivity index (χ2v) is 4.90. The predicted octanol–water partition coefficient (Wildman–Crippen LogP) is 4.00. The maximum absolute atomic E-state index is 11.0. The summed E-state index contributed by atoms with van der Waals surface area (Å²) in [4.78, 5) is 11.0. The Morgan fingerprint density at radius 1 is 1.05 bits per heavy atom. The monoisotopic (exact) mass is 254 g/mol. The number of ether oxygens (including phenoxy) is 1. The number of aldehydes is 1. The number of para-hydroxylation sites is 1. The van der Waals surface area contributed by atoms with Crippen molar-refractivity contribution in [2.75, 3.05) is 0 Å². The van der Waals surface area contributed by atoms with Gasteiger partial charge in [0.1, 0.15) is 12.4 Å². The van der Waals surface area contributed by atoms with Gasteiger partial charge in [0.05, 0.1) is 5.56 Å². The van der Waals surface area contributed by atoms with Crippen molar-refractivity contribution in [3.63, 3.8) is 0 Å². The van der Waals surface area contributed by atoms with Gasteiger partial charge in [0, 0.05) is 0 Å². The Morgan fingerprint density at radius 2 is 1.74 bits per heavy atom. The van der Waals surface area contributed by atoms with E-state index in [9.17, 15) is 4.79 Å². The number of carbonyl (C=O) groups excluding carboxylic acids is 1. The molecule has 2 aromatic rings. The van der Waals surface area contributed by atoms with E-state index in [-0.39, 0.29) is 0 Å². The van der Waals surface area contributed by atoms with E-state index in [0.29, 0.717) is 17.9 Å². The van der Waals surface area contributed by atoms with E-state index >= 15 is 0 Å². The second-order valence-electron chi connectivity index (χ2n) is 4.90. The lowest BCUT2D eigenvalue weighted by atomic mass is 10.1. The molecule has 0 aliphatic rings. The average Bonchev–Trinajstić information content (AvgIpc) is 2.36. The third-order valence-corrected chi connectivity index (χ3v) is 3.03. The molecule has 0 radical (unpaired) electrons. The van der Waals surface area contributed by atoms with Gasteiger partial charge < -0.3 is 4.74 Å². The zero-order chi connectivity index (χ0) is 13.8. The van der Waals surface area contributed by atoms with E-state index in [1.807, 2.05) is 19.1 Å². The number of rotatable bonds is 4. The van der Waals surface area contributed by atoms with E-state index < -0.39 is 0 Å². The Morgan fingerprint density at radius 3 is 2.37 bits per heavy atom. The molecule has 0 fully saturated rings. The van der Waals surface area contributed by atoms with Gasteiger partial charge in [-0.25, -0.2) is 0 Å². The Hall–Kier alpha value is -2.09. The number of benzene rings is 2. The van der Waals surface area contributed by atoms with Gasteiger partial charge >= 0.3 is 0 Å². The quantitative estimate of drug-likeness (QED) is 0.771. The van der Waals surface area contributed by atoms with E-state index in [4.69, 9.17) is 4.74 Å². The topological polar surface area (TPSA) is 26.3 Å². The Balaban J connectivity index is 2.21. The first kappa shape index (κ1) is 13.3. The second kappa shape index (κ2) is 5.70. The highest BCUT2D eigenvalue weighted by Crippen LogP contribution is 2.23. The molecule has 0 N–H and O–H groups in total. The minimum absolute atomic E-state index is 0.480. The summed E-state index contributed by atoms with van der Waals surface area (Å²) in [6.07, 6.45) is 0.837. The highest BCUT2D eigenvalue weighted by atomic mass is 16.5. The van der Waals surface area contributed by atoms with Crippen LogP contribution in [-0.4, -0.2) is 6.29 Å². The molecule has 0 saturated heterocycles. The van der Waals surface area contributed by atoms with E-state index in [0.717, 1.165) is 17.4 Å². The van der Waals surface area contributed by atoms with E-state index in [1.165, 1.54) is 11.1 Å². The molecule has 0 spiro atoms. The fourth-order valence-electron chi connectivity index (χ4n) is 2.27. The van der Waals surface area contributed by atoms with Crippen molar-refractivity contribution < 1.29 is 9.53 Å². The smallest absolute Gasteiger partial charge is 0.153 e. The van der Waals surface area contributed by atoms with Crippen LogP contribution in [0.3, 0.4) is 0 Å². The molecule has 0 atom stereocenters. The molecule has 2 aromatic carbocycles. The molecule has 0 aliphatic carbocycles. The zero-order valence-electron chi connectivity index (χ0n) is 11.6. The summed E-state index contributed by atoms with van der Waals surface area (Å²) in [5.41, 5.74) is 5.15. The highest BCUT2D eigenvalue weighted by Gasteiger charge is 2.06. The van der Waals surface area contributed by atoms with E-state index in [1.54, 1.807) is 6.07 Å². The highest BCUT2D eigenvalue weighted by molar-refractivity contribution is 5.80. The largest absolute Gasteiger partial charge is 0.488 e. The molecule has 19 heavy (non-hydrogen) atoms. The van der Waals surface area contributed by atoms with Gasteiger partial charge in [0.15, 0.2) is 6.29 Å². The van der Waals surface area contributed by atoms with Crippen molar-refractivity contribution in [3.05, 3.63) is 64.2 Å². The third kappa shape index (κ3) is 3.22. The molecule has 0 unspecified atom stereocenters. The molecule has 0 amide bonds.